The summed E-state index contributed by atoms with van der Waals surface area (Å²) >= 11 is 0. The van der Waals surface area contributed by atoms with Crippen molar-refractivity contribution in [3.8, 4) is 23.0 Å². The standard InChI is InChI=1S/C18H20NO7P/c1-25-18-13-9-19-5-4-11-7-16(21)17(26-27(22,23)24)8-12(11)14(19)6-10(13)2-3-15(18)20/h2-3,7-8,14,20-21H,4-6,9H2,1H3,(H2,22,23,24)/t14-/m0/s1. The third kappa shape index (κ3) is 3.26. The minimum atomic E-state index is -4.77. The first kappa shape index (κ1) is 18.1. The van der Waals surface area contributed by atoms with Crippen LogP contribution in [0.4, 0.5) is 0 Å². The number of phenols is 2. The van der Waals surface area contributed by atoms with Gasteiger partial charge in [0.15, 0.2) is 23.0 Å². The minimum absolute atomic E-state index is 0.0183. The Bertz CT molecular complexity index is 955. The van der Waals surface area contributed by atoms with Crippen molar-refractivity contribution in [1.29, 1.82) is 0 Å². The fourth-order valence-corrected chi connectivity index (χ4v) is 4.46. The second kappa shape index (κ2) is 6.42. The van der Waals surface area contributed by atoms with Gasteiger partial charge >= 0.3 is 7.82 Å². The fraction of sp³-hybridized carbons (Fsp3) is 0.333. The van der Waals surface area contributed by atoms with Crippen LogP contribution in [0.1, 0.15) is 28.3 Å². The SMILES string of the molecule is COc1c(O)ccc2c1CN1CCc3cc(O)c(OP(=O)(O)O)cc3[C@@H]1C2. The van der Waals surface area contributed by atoms with E-state index in [0.29, 0.717) is 25.1 Å². The van der Waals surface area contributed by atoms with Gasteiger partial charge in [-0.05, 0) is 47.7 Å². The van der Waals surface area contributed by atoms with Crippen molar-refractivity contribution in [1.82, 2.24) is 4.90 Å². The molecule has 0 amide bonds. The molecule has 2 aliphatic heterocycles. The molecule has 27 heavy (non-hydrogen) atoms. The quantitative estimate of drug-likeness (QED) is 0.586. The Morgan fingerprint density at radius 3 is 2.63 bits per heavy atom. The molecule has 0 aliphatic carbocycles. The highest BCUT2D eigenvalue weighted by molar-refractivity contribution is 7.46. The van der Waals surface area contributed by atoms with Crippen molar-refractivity contribution in [2.24, 2.45) is 0 Å². The number of ether oxygens (including phenoxy) is 1. The number of phosphoric ester groups is 1. The molecule has 0 bridgehead atoms. The van der Waals surface area contributed by atoms with E-state index in [9.17, 15) is 14.8 Å². The highest BCUT2D eigenvalue weighted by Crippen LogP contribution is 2.48. The number of benzene rings is 2. The molecule has 0 fully saturated rings. The first-order chi connectivity index (χ1) is 12.8. The van der Waals surface area contributed by atoms with Gasteiger partial charge in [0.1, 0.15) is 0 Å². The molecule has 2 heterocycles. The van der Waals surface area contributed by atoms with E-state index in [2.05, 4.69) is 9.42 Å². The number of phosphoric acid groups is 1. The third-order valence-electron chi connectivity index (χ3n) is 5.22. The summed E-state index contributed by atoms with van der Waals surface area (Å²) in [5, 5.41) is 20.1. The van der Waals surface area contributed by atoms with E-state index in [1.54, 1.807) is 6.07 Å². The molecule has 0 aromatic heterocycles. The lowest BCUT2D eigenvalue weighted by atomic mass is 9.83. The molecule has 8 nitrogen and oxygen atoms in total. The Labute approximate surface area is 155 Å². The second-order valence-corrected chi connectivity index (χ2v) is 7.96. The van der Waals surface area contributed by atoms with Crippen molar-refractivity contribution in [2.45, 2.75) is 25.4 Å². The molecule has 2 aromatic carbocycles. The molecular formula is C18H20NO7P. The minimum Gasteiger partial charge on any atom is -0.504 e. The normalized spacial score (nSPS) is 19.0. The van der Waals surface area contributed by atoms with Crippen LogP contribution in [0.25, 0.3) is 0 Å². The summed E-state index contributed by atoms with van der Waals surface area (Å²) in [6.07, 6.45) is 1.34. The number of hydrogen-bond acceptors (Lipinski definition) is 6. The van der Waals surface area contributed by atoms with Crippen LogP contribution in [0.2, 0.25) is 0 Å². The maximum atomic E-state index is 11.2. The first-order valence-corrected chi connectivity index (χ1v) is 10.0. The summed E-state index contributed by atoms with van der Waals surface area (Å²) in [6.45, 7) is 1.35. The number of phenolic OH excluding ortho intramolecular Hbond substituents is 2. The zero-order valence-corrected chi connectivity index (χ0v) is 15.5. The summed E-state index contributed by atoms with van der Waals surface area (Å²) in [5.74, 6) is 0.0775. The van der Waals surface area contributed by atoms with Crippen molar-refractivity contribution >= 4 is 7.82 Å². The fourth-order valence-electron chi connectivity index (χ4n) is 4.06. The van der Waals surface area contributed by atoms with Crippen LogP contribution < -0.4 is 9.26 Å². The van der Waals surface area contributed by atoms with Crippen LogP contribution in [0.15, 0.2) is 24.3 Å². The van der Waals surface area contributed by atoms with Crippen LogP contribution in [-0.4, -0.2) is 38.6 Å². The van der Waals surface area contributed by atoms with Crippen LogP contribution in [0.5, 0.6) is 23.0 Å². The lowest BCUT2D eigenvalue weighted by molar-refractivity contribution is 0.157. The Balaban J connectivity index is 1.75. The van der Waals surface area contributed by atoms with Crippen molar-refractivity contribution < 1.29 is 33.8 Å². The Morgan fingerprint density at radius 2 is 1.93 bits per heavy atom. The van der Waals surface area contributed by atoms with E-state index in [1.807, 2.05) is 6.07 Å². The van der Waals surface area contributed by atoms with Crippen LogP contribution in [-0.2, 0) is 24.0 Å². The van der Waals surface area contributed by atoms with E-state index in [4.69, 9.17) is 14.5 Å². The summed E-state index contributed by atoms with van der Waals surface area (Å²) in [4.78, 5) is 20.4. The van der Waals surface area contributed by atoms with Gasteiger partial charge in [-0.15, -0.1) is 0 Å². The zero-order chi connectivity index (χ0) is 19.3. The summed E-state index contributed by atoms with van der Waals surface area (Å²) in [7, 11) is -3.25. The van der Waals surface area contributed by atoms with Gasteiger partial charge in [-0.2, -0.15) is 0 Å². The third-order valence-corrected chi connectivity index (χ3v) is 5.66. The molecule has 1 atom stereocenters. The second-order valence-electron chi connectivity index (χ2n) is 6.80. The predicted molar refractivity (Wildman–Crippen MR) is 96.0 cm³/mol. The summed E-state index contributed by atoms with van der Waals surface area (Å²) in [5.41, 5.74) is 3.80. The predicted octanol–water partition coefficient (Wildman–Crippen LogP) is 2.23. The largest absolute Gasteiger partial charge is 0.524 e. The van der Waals surface area contributed by atoms with Crippen molar-refractivity contribution in [2.75, 3.05) is 13.7 Å². The molecule has 9 heteroatoms. The average molecular weight is 393 g/mol. The van der Waals surface area contributed by atoms with Gasteiger partial charge in [0.2, 0.25) is 0 Å². The number of aromatic hydroxyl groups is 2. The lowest BCUT2D eigenvalue weighted by Gasteiger charge is -2.42. The molecule has 2 aromatic rings. The van der Waals surface area contributed by atoms with Crippen molar-refractivity contribution in [3.05, 3.63) is 46.5 Å². The van der Waals surface area contributed by atoms with Crippen LogP contribution >= 0.6 is 7.82 Å². The molecule has 0 saturated carbocycles. The van der Waals surface area contributed by atoms with Crippen molar-refractivity contribution in [3.63, 3.8) is 0 Å². The first-order valence-electron chi connectivity index (χ1n) is 8.49. The maximum absolute atomic E-state index is 11.2. The zero-order valence-electron chi connectivity index (χ0n) is 14.6. The summed E-state index contributed by atoms with van der Waals surface area (Å²) in [6, 6.07) is 6.49. The highest BCUT2D eigenvalue weighted by atomic mass is 31.2. The van der Waals surface area contributed by atoms with Crippen LogP contribution in [0.3, 0.4) is 0 Å². The van der Waals surface area contributed by atoms with Gasteiger partial charge in [0.25, 0.3) is 0 Å². The number of methoxy groups -OCH3 is 1. The van der Waals surface area contributed by atoms with Gasteiger partial charge in [0.05, 0.1) is 7.11 Å². The lowest BCUT2D eigenvalue weighted by Crippen LogP contribution is -2.39. The number of nitrogens with zero attached hydrogens (tertiary/aromatic N) is 1. The smallest absolute Gasteiger partial charge is 0.504 e. The molecule has 0 spiro atoms. The molecule has 0 unspecified atom stereocenters. The molecule has 4 rings (SSSR count). The topological polar surface area (TPSA) is 120 Å². The van der Waals surface area contributed by atoms with Gasteiger partial charge in [-0.1, -0.05) is 6.07 Å². The summed E-state index contributed by atoms with van der Waals surface area (Å²) < 4.78 is 21.2. The van der Waals surface area contributed by atoms with E-state index in [-0.39, 0.29) is 23.3 Å². The highest BCUT2D eigenvalue weighted by Gasteiger charge is 2.35. The van der Waals surface area contributed by atoms with Gasteiger partial charge in [-0.25, -0.2) is 4.57 Å². The monoisotopic (exact) mass is 393 g/mol. The van der Waals surface area contributed by atoms with E-state index in [1.165, 1.54) is 19.2 Å². The van der Waals surface area contributed by atoms with Crippen LogP contribution in [0, 0.1) is 0 Å². The van der Waals surface area contributed by atoms with Gasteiger partial charge < -0.3 is 19.5 Å². The van der Waals surface area contributed by atoms with E-state index < -0.39 is 7.82 Å². The Kier molecular flexibility index (Phi) is 4.31. The molecule has 2 aliphatic rings. The van der Waals surface area contributed by atoms with E-state index >= 15 is 0 Å². The molecule has 144 valence electrons. The van der Waals surface area contributed by atoms with Gasteiger partial charge in [0, 0.05) is 24.7 Å². The van der Waals surface area contributed by atoms with Gasteiger partial charge in [-0.3, -0.25) is 14.7 Å². The number of hydrogen-bond donors (Lipinski definition) is 4. The van der Waals surface area contributed by atoms with E-state index in [0.717, 1.165) is 28.8 Å². The Hall–Kier alpha value is -2.25. The Morgan fingerprint density at radius 1 is 1.15 bits per heavy atom. The molecular weight excluding hydrogens is 373 g/mol. The molecule has 0 saturated heterocycles. The number of fused-ring (bicyclic) bond motifs is 4. The molecule has 0 radical (unpaired) electrons. The maximum Gasteiger partial charge on any atom is 0.524 e. The number of rotatable bonds is 3. The molecule has 4 N–H and O–H groups in total. The average Bonchev–Trinajstić information content (AvgIpc) is 2.60.